The number of carbonyl (C=O) groups excluding carboxylic acids is 3. The molecule has 3 rings (SSSR count). The van der Waals surface area contributed by atoms with Crippen LogP contribution in [0, 0.1) is 0 Å². The monoisotopic (exact) mass is 345 g/mol. The van der Waals surface area contributed by atoms with E-state index in [1.54, 1.807) is 25.1 Å². The molecule has 1 aliphatic heterocycles. The number of hydrogen-bond acceptors (Lipinski definition) is 5. The average Bonchev–Trinajstić information content (AvgIpc) is 2.61. The van der Waals surface area contributed by atoms with E-state index in [4.69, 9.17) is 9.47 Å². The minimum absolute atomic E-state index is 0.0668. The van der Waals surface area contributed by atoms with Crippen molar-refractivity contribution in [2.45, 2.75) is 58.1 Å². The summed E-state index contributed by atoms with van der Waals surface area (Å²) in [6, 6.07) is 4.14. The molecule has 1 amide bonds. The SMILES string of the molecule is CC(=O)c1ccc2c(c1)N(C(C)C(=O)OC1CCCCC1)C(=O)CO2. The molecule has 1 heterocycles. The molecular weight excluding hydrogens is 322 g/mol. The molecule has 0 spiro atoms. The third kappa shape index (κ3) is 3.67. The molecule has 0 aromatic heterocycles. The first-order valence-corrected chi connectivity index (χ1v) is 8.77. The second-order valence-corrected chi connectivity index (χ2v) is 6.66. The largest absolute Gasteiger partial charge is 0.482 e. The molecule has 1 unspecified atom stereocenters. The molecule has 6 heteroatoms. The first kappa shape index (κ1) is 17.5. The van der Waals surface area contributed by atoms with Crippen LogP contribution in [0.1, 0.15) is 56.3 Å². The fourth-order valence-electron chi connectivity index (χ4n) is 3.37. The Bertz CT molecular complexity index is 693. The fraction of sp³-hybridized carbons (Fsp3) is 0.526. The molecule has 1 aromatic rings. The number of ether oxygens (including phenoxy) is 2. The predicted octanol–water partition coefficient (Wildman–Crippen LogP) is 2.88. The Kier molecular flexibility index (Phi) is 5.06. The van der Waals surface area contributed by atoms with Gasteiger partial charge in [0.05, 0.1) is 5.69 Å². The van der Waals surface area contributed by atoms with E-state index in [9.17, 15) is 14.4 Å². The van der Waals surface area contributed by atoms with Crippen LogP contribution in [0.3, 0.4) is 0 Å². The molecule has 1 fully saturated rings. The van der Waals surface area contributed by atoms with Gasteiger partial charge in [0.1, 0.15) is 17.9 Å². The quantitative estimate of drug-likeness (QED) is 0.620. The van der Waals surface area contributed by atoms with E-state index in [2.05, 4.69) is 0 Å². The van der Waals surface area contributed by atoms with Crippen molar-refractivity contribution < 1.29 is 23.9 Å². The average molecular weight is 345 g/mol. The molecule has 1 aliphatic carbocycles. The van der Waals surface area contributed by atoms with Gasteiger partial charge in [0.2, 0.25) is 0 Å². The second kappa shape index (κ2) is 7.25. The molecular formula is C19H23NO5. The highest BCUT2D eigenvalue weighted by atomic mass is 16.5. The van der Waals surface area contributed by atoms with Gasteiger partial charge >= 0.3 is 5.97 Å². The zero-order chi connectivity index (χ0) is 18.0. The van der Waals surface area contributed by atoms with Gasteiger partial charge in [-0.15, -0.1) is 0 Å². The zero-order valence-corrected chi connectivity index (χ0v) is 14.6. The van der Waals surface area contributed by atoms with E-state index in [0.29, 0.717) is 17.0 Å². The fourth-order valence-corrected chi connectivity index (χ4v) is 3.37. The lowest BCUT2D eigenvalue weighted by Crippen LogP contribution is -2.49. The maximum atomic E-state index is 12.6. The molecule has 1 aromatic carbocycles. The van der Waals surface area contributed by atoms with Crippen LogP contribution < -0.4 is 9.64 Å². The van der Waals surface area contributed by atoms with Crippen molar-refractivity contribution in [3.63, 3.8) is 0 Å². The minimum Gasteiger partial charge on any atom is -0.482 e. The van der Waals surface area contributed by atoms with Crippen molar-refractivity contribution in [1.29, 1.82) is 0 Å². The smallest absolute Gasteiger partial charge is 0.329 e. The van der Waals surface area contributed by atoms with Crippen LogP contribution in [-0.4, -0.2) is 36.4 Å². The number of Topliss-reactive ketones (excluding diaryl/α,β-unsaturated/α-hetero) is 1. The van der Waals surface area contributed by atoms with E-state index in [-0.39, 0.29) is 24.4 Å². The Morgan fingerprint density at radius 1 is 1.24 bits per heavy atom. The zero-order valence-electron chi connectivity index (χ0n) is 14.6. The number of carbonyl (C=O) groups is 3. The second-order valence-electron chi connectivity index (χ2n) is 6.66. The van der Waals surface area contributed by atoms with Gasteiger partial charge < -0.3 is 9.47 Å². The van der Waals surface area contributed by atoms with Crippen molar-refractivity contribution in [2.24, 2.45) is 0 Å². The summed E-state index contributed by atoms with van der Waals surface area (Å²) in [6.07, 6.45) is 4.98. The molecule has 2 aliphatic rings. The van der Waals surface area contributed by atoms with E-state index in [0.717, 1.165) is 25.7 Å². The molecule has 134 valence electrons. The van der Waals surface area contributed by atoms with Gasteiger partial charge in [0.15, 0.2) is 12.4 Å². The van der Waals surface area contributed by atoms with Gasteiger partial charge in [-0.1, -0.05) is 6.42 Å². The van der Waals surface area contributed by atoms with Crippen molar-refractivity contribution in [3.8, 4) is 5.75 Å². The van der Waals surface area contributed by atoms with Crippen molar-refractivity contribution in [1.82, 2.24) is 0 Å². The maximum Gasteiger partial charge on any atom is 0.329 e. The highest BCUT2D eigenvalue weighted by Gasteiger charge is 2.35. The Hall–Kier alpha value is -2.37. The summed E-state index contributed by atoms with van der Waals surface area (Å²) < 4.78 is 11.0. The summed E-state index contributed by atoms with van der Waals surface area (Å²) in [5.41, 5.74) is 0.909. The van der Waals surface area contributed by atoms with Crippen LogP contribution in [0.15, 0.2) is 18.2 Å². The van der Waals surface area contributed by atoms with Crippen molar-refractivity contribution in [2.75, 3.05) is 11.5 Å². The van der Waals surface area contributed by atoms with Gasteiger partial charge in [-0.05, 0) is 57.7 Å². The van der Waals surface area contributed by atoms with Crippen LogP contribution in [0.2, 0.25) is 0 Å². The molecule has 1 atom stereocenters. The maximum absolute atomic E-state index is 12.6. The topological polar surface area (TPSA) is 72.9 Å². The summed E-state index contributed by atoms with van der Waals surface area (Å²) in [4.78, 5) is 38.0. The first-order valence-electron chi connectivity index (χ1n) is 8.77. The Morgan fingerprint density at radius 2 is 1.96 bits per heavy atom. The number of benzene rings is 1. The number of ketones is 1. The van der Waals surface area contributed by atoms with Crippen molar-refractivity contribution >= 4 is 23.3 Å². The van der Waals surface area contributed by atoms with Gasteiger partial charge in [-0.2, -0.15) is 0 Å². The normalized spacial score (nSPS) is 19.0. The number of rotatable bonds is 4. The van der Waals surface area contributed by atoms with E-state index in [1.807, 2.05) is 0 Å². The summed E-state index contributed by atoms with van der Waals surface area (Å²) >= 11 is 0. The number of amides is 1. The van der Waals surface area contributed by atoms with Crippen LogP contribution in [0.4, 0.5) is 5.69 Å². The molecule has 0 radical (unpaired) electrons. The summed E-state index contributed by atoms with van der Waals surface area (Å²) in [5.74, 6) is -0.359. The number of anilines is 1. The van der Waals surface area contributed by atoms with E-state index >= 15 is 0 Å². The third-order valence-electron chi connectivity index (χ3n) is 4.81. The van der Waals surface area contributed by atoms with Crippen molar-refractivity contribution in [3.05, 3.63) is 23.8 Å². The first-order chi connectivity index (χ1) is 12.0. The van der Waals surface area contributed by atoms with Crippen LogP contribution in [-0.2, 0) is 14.3 Å². The van der Waals surface area contributed by atoms with Crippen LogP contribution in [0.25, 0.3) is 0 Å². The number of hydrogen-bond donors (Lipinski definition) is 0. The standard InChI is InChI=1S/C19H23NO5/c1-12(19(23)25-15-6-4-3-5-7-15)20-16-10-14(13(2)21)8-9-17(16)24-11-18(20)22/h8-10,12,15H,3-7,11H2,1-2H3. The Labute approximate surface area is 147 Å². The molecule has 1 saturated carbocycles. The highest BCUT2D eigenvalue weighted by molar-refractivity contribution is 6.04. The number of esters is 1. The van der Waals surface area contributed by atoms with Gasteiger partial charge in [-0.3, -0.25) is 14.5 Å². The lowest BCUT2D eigenvalue weighted by atomic mass is 9.98. The summed E-state index contributed by atoms with van der Waals surface area (Å²) in [6.45, 7) is 2.98. The van der Waals surface area contributed by atoms with Gasteiger partial charge in [0, 0.05) is 5.56 Å². The molecule has 0 bridgehead atoms. The molecule has 0 N–H and O–H groups in total. The highest BCUT2D eigenvalue weighted by Crippen LogP contribution is 2.35. The minimum atomic E-state index is -0.765. The number of nitrogens with zero attached hydrogens (tertiary/aromatic N) is 1. The van der Waals surface area contributed by atoms with Crippen LogP contribution in [0.5, 0.6) is 5.75 Å². The van der Waals surface area contributed by atoms with Crippen LogP contribution >= 0.6 is 0 Å². The van der Waals surface area contributed by atoms with Gasteiger partial charge in [-0.25, -0.2) is 4.79 Å². The number of fused-ring (bicyclic) bond motifs is 1. The van der Waals surface area contributed by atoms with E-state index < -0.39 is 12.0 Å². The van der Waals surface area contributed by atoms with E-state index in [1.165, 1.54) is 18.2 Å². The molecule has 0 saturated heterocycles. The van der Waals surface area contributed by atoms with Gasteiger partial charge in [0.25, 0.3) is 5.91 Å². The predicted molar refractivity (Wildman–Crippen MR) is 91.9 cm³/mol. The summed E-state index contributed by atoms with van der Waals surface area (Å²) in [7, 11) is 0. The third-order valence-corrected chi connectivity index (χ3v) is 4.81. The lowest BCUT2D eigenvalue weighted by Gasteiger charge is -2.34. The molecule has 25 heavy (non-hydrogen) atoms. The Morgan fingerprint density at radius 3 is 2.64 bits per heavy atom. The summed E-state index contributed by atoms with van der Waals surface area (Å²) in [5, 5.41) is 0. The Balaban J connectivity index is 1.82. The lowest BCUT2D eigenvalue weighted by molar-refractivity contribution is -0.152. The molecule has 6 nitrogen and oxygen atoms in total.